The van der Waals surface area contributed by atoms with Crippen molar-refractivity contribution in [3.8, 4) is 0 Å². The second kappa shape index (κ2) is 11.5. The summed E-state index contributed by atoms with van der Waals surface area (Å²) in [4.78, 5) is 38.0. The third kappa shape index (κ3) is 8.14. The van der Waals surface area contributed by atoms with E-state index in [1.54, 1.807) is 27.7 Å². The molecule has 184 valence electrons. The third-order valence-corrected chi connectivity index (χ3v) is 5.20. The van der Waals surface area contributed by atoms with E-state index in [9.17, 15) is 14.4 Å². The minimum atomic E-state index is -0.949. The molecule has 0 unspecified atom stereocenters. The fourth-order valence-electron chi connectivity index (χ4n) is 3.49. The van der Waals surface area contributed by atoms with E-state index in [1.165, 1.54) is 0 Å². The molecule has 3 aromatic rings. The largest absolute Gasteiger partial charge is 0.459 e. The molecule has 3 rings (SSSR count). The van der Waals surface area contributed by atoms with Crippen molar-refractivity contribution in [3.63, 3.8) is 0 Å². The highest BCUT2D eigenvalue weighted by Gasteiger charge is 2.27. The van der Waals surface area contributed by atoms with Gasteiger partial charge in [-0.15, -0.1) is 0 Å². The number of benzene rings is 3. The van der Waals surface area contributed by atoms with Gasteiger partial charge in [0.15, 0.2) is 0 Å². The predicted octanol–water partition coefficient (Wildman–Crippen LogP) is 4.52. The maximum atomic E-state index is 13.1. The lowest BCUT2D eigenvalue weighted by molar-refractivity contribution is -0.148. The Bertz CT molecular complexity index is 1170. The lowest BCUT2D eigenvalue weighted by Gasteiger charge is -2.24. The Labute approximate surface area is 205 Å². The van der Waals surface area contributed by atoms with E-state index in [0.717, 1.165) is 21.9 Å². The fraction of sp³-hybridized carbons (Fsp3) is 0.321. The highest BCUT2D eigenvalue weighted by Crippen LogP contribution is 2.17. The summed E-state index contributed by atoms with van der Waals surface area (Å²) in [6.45, 7) is 6.89. The first-order chi connectivity index (χ1) is 16.6. The Hall–Kier alpha value is -3.87. The summed E-state index contributed by atoms with van der Waals surface area (Å²) in [5, 5.41) is 7.41. The van der Waals surface area contributed by atoms with Crippen LogP contribution in [0.15, 0.2) is 72.8 Å². The topological polar surface area (TPSA) is 93.7 Å². The predicted molar refractivity (Wildman–Crippen MR) is 135 cm³/mol. The summed E-state index contributed by atoms with van der Waals surface area (Å²) in [6, 6.07) is 21.2. The molecule has 0 spiro atoms. The number of hydrogen-bond acceptors (Lipinski definition) is 5. The number of hydrogen-bond donors (Lipinski definition) is 2. The molecule has 0 radical (unpaired) electrons. The van der Waals surface area contributed by atoms with Crippen LogP contribution in [0.1, 0.15) is 38.8 Å². The molecule has 7 heteroatoms. The number of fused-ring (bicyclic) bond motifs is 1. The van der Waals surface area contributed by atoms with Crippen molar-refractivity contribution in [1.29, 1.82) is 0 Å². The van der Waals surface area contributed by atoms with Gasteiger partial charge in [-0.1, -0.05) is 72.8 Å². The van der Waals surface area contributed by atoms with E-state index in [4.69, 9.17) is 9.47 Å². The lowest BCUT2D eigenvalue weighted by Crippen LogP contribution is -2.52. The average Bonchev–Trinajstić information content (AvgIpc) is 2.81. The summed E-state index contributed by atoms with van der Waals surface area (Å²) in [5.41, 5.74) is 0.988. The van der Waals surface area contributed by atoms with Crippen molar-refractivity contribution < 1.29 is 23.9 Å². The van der Waals surface area contributed by atoms with Crippen LogP contribution in [0.4, 0.5) is 4.79 Å². The third-order valence-electron chi connectivity index (χ3n) is 5.20. The van der Waals surface area contributed by atoms with Crippen LogP contribution in [-0.2, 0) is 32.1 Å². The van der Waals surface area contributed by atoms with Crippen molar-refractivity contribution in [2.75, 3.05) is 0 Å². The molecule has 0 bridgehead atoms. The van der Waals surface area contributed by atoms with Crippen molar-refractivity contribution in [1.82, 2.24) is 10.6 Å². The lowest BCUT2D eigenvalue weighted by atomic mass is 10.0. The van der Waals surface area contributed by atoms with E-state index in [-0.39, 0.29) is 13.0 Å². The molecular weight excluding hydrogens is 444 g/mol. The molecule has 2 amide bonds. The maximum Gasteiger partial charge on any atom is 0.408 e. The van der Waals surface area contributed by atoms with Gasteiger partial charge in [0.1, 0.15) is 24.3 Å². The molecule has 0 heterocycles. The number of nitrogens with one attached hydrogen (secondary N) is 2. The number of carbonyl (C=O) groups excluding carboxylic acids is 3. The van der Waals surface area contributed by atoms with Gasteiger partial charge in [0, 0.05) is 6.42 Å². The molecule has 7 nitrogen and oxygen atoms in total. The standard InChI is InChI=1S/C28H32N2O5/c1-19(26(32)34-18-20-10-6-5-7-11-20)29-25(31)24(30-27(33)35-28(2,3)4)17-21-14-15-22-12-8-9-13-23(22)16-21/h5-16,19,24H,17-18H2,1-4H3,(H,29,31)(H,30,33)/t19-,24-/m0/s1. The monoisotopic (exact) mass is 476 g/mol. The summed E-state index contributed by atoms with van der Waals surface area (Å²) >= 11 is 0. The highest BCUT2D eigenvalue weighted by molar-refractivity contribution is 5.90. The van der Waals surface area contributed by atoms with Crippen LogP contribution in [0.5, 0.6) is 0 Å². The first-order valence-electron chi connectivity index (χ1n) is 11.6. The quantitative estimate of drug-likeness (QED) is 0.466. The second-order valence-corrected chi connectivity index (χ2v) is 9.41. The fourth-order valence-corrected chi connectivity index (χ4v) is 3.49. The van der Waals surface area contributed by atoms with Gasteiger partial charge in [0.25, 0.3) is 0 Å². The molecule has 0 aliphatic carbocycles. The van der Waals surface area contributed by atoms with Crippen LogP contribution >= 0.6 is 0 Å². The number of rotatable bonds is 8. The number of ether oxygens (including phenoxy) is 2. The van der Waals surface area contributed by atoms with Crippen LogP contribution in [0.25, 0.3) is 10.8 Å². The van der Waals surface area contributed by atoms with Gasteiger partial charge >= 0.3 is 12.1 Å². The molecule has 0 aliphatic rings. The maximum absolute atomic E-state index is 13.1. The number of carbonyl (C=O) groups is 3. The number of esters is 1. The van der Waals surface area contributed by atoms with Crippen molar-refractivity contribution >= 4 is 28.7 Å². The van der Waals surface area contributed by atoms with Gasteiger partial charge in [-0.25, -0.2) is 9.59 Å². The normalized spacial score (nSPS) is 12.9. The van der Waals surface area contributed by atoms with Gasteiger partial charge in [-0.3, -0.25) is 4.79 Å². The van der Waals surface area contributed by atoms with Gasteiger partial charge < -0.3 is 20.1 Å². The first-order valence-corrected chi connectivity index (χ1v) is 11.6. The summed E-state index contributed by atoms with van der Waals surface area (Å²) in [6.07, 6.45) is -0.487. The van der Waals surface area contributed by atoms with Crippen LogP contribution in [-0.4, -0.2) is 35.7 Å². The average molecular weight is 477 g/mol. The van der Waals surface area contributed by atoms with Crippen molar-refractivity contribution in [2.45, 2.75) is 58.4 Å². The van der Waals surface area contributed by atoms with Gasteiger partial charge in [-0.05, 0) is 49.6 Å². The van der Waals surface area contributed by atoms with Crippen LogP contribution in [0.3, 0.4) is 0 Å². The Balaban J connectivity index is 1.69. The molecule has 2 N–H and O–H groups in total. The van der Waals surface area contributed by atoms with Crippen LogP contribution in [0, 0.1) is 0 Å². The Morgan fingerprint density at radius 2 is 1.49 bits per heavy atom. The molecular formula is C28H32N2O5. The van der Waals surface area contributed by atoms with E-state index in [0.29, 0.717) is 0 Å². The molecule has 0 aliphatic heterocycles. The zero-order valence-electron chi connectivity index (χ0n) is 20.5. The van der Waals surface area contributed by atoms with E-state index < -0.39 is 35.7 Å². The van der Waals surface area contributed by atoms with Crippen molar-refractivity contribution in [3.05, 3.63) is 83.9 Å². The number of alkyl carbamates (subject to hydrolysis) is 1. The molecule has 35 heavy (non-hydrogen) atoms. The summed E-state index contributed by atoms with van der Waals surface area (Å²) < 4.78 is 10.7. The molecule has 0 saturated heterocycles. The van der Waals surface area contributed by atoms with E-state index in [1.807, 2.05) is 72.8 Å². The minimum Gasteiger partial charge on any atom is -0.459 e. The Morgan fingerprint density at radius 1 is 0.829 bits per heavy atom. The summed E-state index contributed by atoms with van der Waals surface area (Å²) in [7, 11) is 0. The molecule has 0 aromatic heterocycles. The van der Waals surface area contributed by atoms with Crippen LogP contribution < -0.4 is 10.6 Å². The van der Waals surface area contributed by atoms with Gasteiger partial charge in [-0.2, -0.15) is 0 Å². The zero-order chi connectivity index (χ0) is 25.4. The van der Waals surface area contributed by atoms with Gasteiger partial charge in [0.2, 0.25) is 5.91 Å². The zero-order valence-corrected chi connectivity index (χ0v) is 20.5. The molecule has 0 fully saturated rings. The molecule has 0 saturated carbocycles. The second-order valence-electron chi connectivity index (χ2n) is 9.41. The Morgan fingerprint density at radius 3 is 2.17 bits per heavy atom. The number of amides is 2. The molecule has 3 aromatic carbocycles. The van der Waals surface area contributed by atoms with Gasteiger partial charge in [0.05, 0.1) is 0 Å². The van der Waals surface area contributed by atoms with Crippen molar-refractivity contribution in [2.24, 2.45) is 0 Å². The van der Waals surface area contributed by atoms with Crippen LogP contribution in [0.2, 0.25) is 0 Å². The summed E-state index contributed by atoms with van der Waals surface area (Å²) in [5.74, 6) is -1.07. The van der Waals surface area contributed by atoms with E-state index in [2.05, 4.69) is 10.6 Å². The smallest absolute Gasteiger partial charge is 0.408 e. The SMILES string of the molecule is C[C@H](NC(=O)[C@H](Cc1ccc2ccccc2c1)NC(=O)OC(C)(C)C)C(=O)OCc1ccccc1. The first kappa shape index (κ1) is 25.7. The Kier molecular flexibility index (Phi) is 8.47. The highest BCUT2D eigenvalue weighted by atomic mass is 16.6. The van der Waals surface area contributed by atoms with E-state index >= 15 is 0 Å². The minimum absolute atomic E-state index is 0.108. The molecule has 2 atom stereocenters.